The maximum absolute atomic E-state index is 13.2. The average Bonchev–Trinajstić information content (AvgIpc) is 2.81. The number of carbonyl (C=O) groups is 2. The van der Waals surface area contributed by atoms with Crippen molar-refractivity contribution in [2.45, 2.75) is 13.8 Å². The molecule has 2 amide bonds. The third-order valence-corrected chi connectivity index (χ3v) is 4.58. The molecule has 2 aromatic carbocycles. The van der Waals surface area contributed by atoms with Crippen LogP contribution in [0.3, 0.4) is 0 Å². The van der Waals surface area contributed by atoms with Crippen molar-refractivity contribution in [1.29, 1.82) is 0 Å². The van der Waals surface area contributed by atoms with Gasteiger partial charge in [0.15, 0.2) is 0 Å². The highest BCUT2D eigenvalue weighted by Crippen LogP contribution is 2.35. The number of anilines is 1. The first kappa shape index (κ1) is 19.4. The number of carbonyl (C=O) groups excluding carboxylic acids is 2. The third-order valence-electron chi connectivity index (χ3n) is 4.03. The van der Waals surface area contributed by atoms with Crippen molar-refractivity contribution in [2.75, 3.05) is 11.9 Å². The molecule has 0 radical (unpaired) electrons. The summed E-state index contributed by atoms with van der Waals surface area (Å²) in [6.07, 6.45) is 0. The number of halogens is 3. The van der Waals surface area contributed by atoms with Gasteiger partial charge in [-0.3, -0.25) is 14.5 Å². The van der Waals surface area contributed by atoms with Crippen LogP contribution in [0.5, 0.6) is 0 Å². The Morgan fingerprint density at radius 2 is 1.70 bits per heavy atom. The Labute approximate surface area is 166 Å². The van der Waals surface area contributed by atoms with Crippen LogP contribution in [0.4, 0.5) is 10.1 Å². The molecule has 4 nitrogen and oxygen atoms in total. The largest absolute Gasteiger partial charge is 0.350 e. The molecule has 0 spiro atoms. The molecule has 1 N–H and O–H groups in total. The summed E-state index contributed by atoms with van der Waals surface area (Å²) in [5.74, 6) is -1.17. The van der Waals surface area contributed by atoms with Crippen molar-refractivity contribution in [2.24, 2.45) is 5.92 Å². The van der Waals surface area contributed by atoms with Crippen LogP contribution >= 0.6 is 23.2 Å². The molecule has 3 rings (SSSR count). The molecule has 1 aliphatic heterocycles. The monoisotopic (exact) mass is 406 g/mol. The van der Waals surface area contributed by atoms with Crippen LogP contribution in [0.15, 0.2) is 48.2 Å². The quantitative estimate of drug-likeness (QED) is 0.712. The molecule has 0 fully saturated rings. The van der Waals surface area contributed by atoms with E-state index >= 15 is 0 Å². The second-order valence-corrected chi connectivity index (χ2v) is 7.46. The summed E-state index contributed by atoms with van der Waals surface area (Å²) in [5.41, 5.74) is 1.18. The van der Waals surface area contributed by atoms with E-state index in [1.165, 1.54) is 35.2 Å². The number of hydrogen-bond donors (Lipinski definition) is 1. The highest BCUT2D eigenvalue weighted by atomic mass is 35.5. The molecule has 27 heavy (non-hydrogen) atoms. The molecule has 1 heterocycles. The molecule has 0 aromatic heterocycles. The van der Waals surface area contributed by atoms with E-state index in [9.17, 15) is 14.0 Å². The van der Waals surface area contributed by atoms with Crippen molar-refractivity contribution in [3.8, 4) is 0 Å². The van der Waals surface area contributed by atoms with Crippen molar-refractivity contribution in [1.82, 2.24) is 4.90 Å². The molecule has 0 saturated carbocycles. The van der Waals surface area contributed by atoms with Crippen LogP contribution in [0.25, 0.3) is 5.57 Å². The highest BCUT2D eigenvalue weighted by Gasteiger charge is 2.40. The highest BCUT2D eigenvalue weighted by molar-refractivity contribution is 6.41. The summed E-state index contributed by atoms with van der Waals surface area (Å²) in [5, 5.41) is 3.64. The Hall–Kier alpha value is -2.37. The van der Waals surface area contributed by atoms with Gasteiger partial charge in [-0.25, -0.2) is 4.39 Å². The Morgan fingerprint density at radius 1 is 1.04 bits per heavy atom. The molecule has 0 bridgehead atoms. The van der Waals surface area contributed by atoms with Crippen molar-refractivity contribution < 1.29 is 14.0 Å². The maximum Gasteiger partial charge on any atom is 0.278 e. The van der Waals surface area contributed by atoms with Gasteiger partial charge >= 0.3 is 0 Å². The molecule has 0 atom stereocenters. The van der Waals surface area contributed by atoms with Crippen LogP contribution in [-0.4, -0.2) is 23.3 Å². The van der Waals surface area contributed by atoms with Gasteiger partial charge in [0.2, 0.25) is 0 Å². The van der Waals surface area contributed by atoms with Crippen LogP contribution in [0.1, 0.15) is 19.4 Å². The van der Waals surface area contributed by atoms with E-state index in [0.29, 0.717) is 16.3 Å². The third kappa shape index (κ3) is 3.99. The number of nitrogens with zero attached hydrogens (tertiary/aromatic N) is 1. The molecule has 2 aromatic rings. The van der Waals surface area contributed by atoms with Crippen LogP contribution in [-0.2, 0) is 9.59 Å². The van der Waals surface area contributed by atoms with E-state index in [1.807, 2.05) is 13.8 Å². The summed E-state index contributed by atoms with van der Waals surface area (Å²) >= 11 is 12.2. The maximum atomic E-state index is 13.2. The first-order chi connectivity index (χ1) is 12.8. The zero-order valence-electron chi connectivity index (χ0n) is 14.7. The lowest BCUT2D eigenvalue weighted by molar-refractivity contribution is -0.137. The molecule has 7 heteroatoms. The number of benzene rings is 2. The SMILES string of the molecule is CC(C)CN1C(=O)C(Nc2ccc(F)cc2)=C(c2ccc(Cl)cc2Cl)C1=O. The Kier molecular flexibility index (Phi) is 5.53. The zero-order valence-corrected chi connectivity index (χ0v) is 16.2. The lowest BCUT2D eigenvalue weighted by Crippen LogP contribution is -2.35. The van der Waals surface area contributed by atoms with Gasteiger partial charge in [0, 0.05) is 22.8 Å². The van der Waals surface area contributed by atoms with Gasteiger partial charge in [-0.05, 0) is 42.3 Å². The lowest BCUT2D eigenvalue weighted by atomic mass is 10.0. The number of imide groups is 1. The molecule has 140 valence electrons. The van der Waals surface area contributed by atoms with E-state index in [2.05, 4.69) is 5.32 Å². The van der Waals surface area contributed by atoms with Gasteiger partial charge in [0.05, 0.1) is 10.6 Å². The summed E-state index contributed by atoms with van der Waals surface area (Å²) < 4.78 is 13.2. The van der Waals surface area contributed by atoms with Crippen molar-refractivity contribution in [3.63, 3.8) is 0 Å². The molecule has 0 unspecified atom stereocenters. The van der Waals surface area contributed by atoms with Crippen molar-refractivity contribution in [3.05, 3.63) is 69.6 Å². The summed E-state index contributed by atoms with van der Waals surface area (Å²) in [6.45, 7) is 4.11. The van der Waals surface area contributed by atoms with E-state index < -0.39 is 17.6 Å². The Bertz CT molecular complexity index is 939. The fraction of sp³-hybridized carbons (Fsp3) is 0.200. The summed E-state index contributed by atoms with van der Waals surface area (Å²) in [6, 6.07) is 10.3. The average molecular weight is 407 g/mol. The minimum Gasteiger partial charge on any atom is -0.350 e. The second kappa shape index (κ2) is 7.71. The van der Waals surface area contributed by atoms with Crippen LogP contribution < -0.4 is 5.32 Å². The van der Waals surface area contributed by atoms with E-state index in [4.69, 9.17) is 23.2 Å². The van der Waals surface area contributed by atoms with Crippen LogP contribution in [0.2, 0.25) is 10.0 Å². The molecule has 0 saturated heterocycles. The van der Waals surface area contributed by atoms with E-state index in [1.54, 1.807) is 12.1 Å². The number of hydrogen-bond acceptors (Lipinski definition) is 3. The first-order valence-corrected chi connectivity index (χ1v) is 9.12. The van der Waals surface area contributed by atoms with Crippen molar-refractivity contribution >= 4 is 46.3 Å². The topological polar surface area (TPSA) is 49.4 Å². The standard InChI is InChI=1S/C20H17Cl2FN2O2/c1-11(2)10-25-19(26)17(15-8-3-12(21)9-16(15)22)18(20(25)27)24-14-6-4-13(23)5-7-14/h3-9,11,24H,10H2,1-2H3. The number of rotatable bonds is 5. The Morgan fingerprint density at radius 3 is 2.30 bits per heavy atom. The van der Waals surface area contributed by atoms with E-state index in [-0.39, 0.29) is 28.8 Å². The summed E-state index contributed by atoms with van der Waals surface area (Å²) in [4.78, 5) is 27.1. The Balaban J connectivity index is 2.10. The fourth-order valence-electron chi connectivity index (χ4n) is 2.84. The van der Waals surface area contributed by atoms with Gasteiger partial charge in [-0.2, -0.15) is 0 Å². The number of amides is 2. The minimum absolute atomic E-state index is 0.102. The van der Waals surface area contributed by atoms with Gasteiger partial charge in [0.1, 0.15) is 11.5 Å². The van der Waals surface area contributed by atoms with Gasteiger partial charge < -0.3 is 5.32 Å². The fourth-order valence-corrected chi connectivity index (χ4v) is 3.35. The minimum atomic E-state index is -0.445. The first-order valence-electron chi connectivity index (χ1n) is 8.36. The normalized spacial score (nSPS) is 14.5. The second-order valence-electron chi connectivity index (χ2n) is 6.62. The van der Waals surface area contributed by atoms with E-state index in [0.717, 1.165) is 0 Å². The molecule has 0 aliphatic carbocycles. The van der Waals surface area contributed by atoms with Gasteiger partial charge in [-0.1, -0.05) is 43.1 Å². The van der Waals surface area contributed by atoms with Gasteiger partial charge in [0.25, 0.3) is 11.8 Å². The van der Waals surface area contributed by atoms with Gasteiger partial charge in [-0.15, -0.1) is 0 Å². The molecular formula is C20H17Cl2FN2O2. The predicted octanol–water partition coefficient (Wildman–Crippen LogP) is 4.98. The number of nitrogens with one attached hydrogen (secondary N) is 1. The predicted molar refractivity (Wildman–Crippen MR) is 105 cm³/mol. The molecule has 1 aliphatic rings. The zero-order chi connectivity index (χ0) is 19.7. The lowest BCUT2D eigenvalue weighted by Gasteiger charge is -2.17. The summed E-state index contributed by atoms with van der Waals surface area (Å²) in [7, 11) is 0. The van der Waals surface area contributed by atoms with Crippen LogP contribution in [0, 0.1) is 11.7 Å². The smallest absolute Gasteiger partial charge is 0.278 e. The molecular weight excluding hydrogens is 390 g/mol.